The van der Waals surface area contributed by atoms with Crippen LogP contribution in [-0.4, -0.2) is 30.4 Å². The normalized spacial score (nSPS) is 31.2. The molecule has 0 aliphatic carbocycles. The molecule has 0 radical (unpaired) electrons. The van der Waals surface area contributed by atoms with Gasteiger partial charge in [0.2, 0.25) is 0 Å². The van der Waals surface area contributed by atoms with Crippen LogP contribution in [-0.2, 0) is 4.74 Å². The number of piperidine rings is 1. The van der Waals surface area contributed by atoms with E-state index in [1.54, 1.807) is 6.07 Å². The molecule has 0 aromatic heterocycles. The molecule has 0 amide bonds. The fourth-order valence-electron chi connectivity index (χ4n) is 4.11. The van der Waals surface area contributed by atoms with Crippen LogP contribution in [0.25, 0.3) is 0 Å². The summed E-state index contributed by atoms with van der Waals surface area (Å²) in [5.41, 5.74) is 0.862. The number of nitrogens with one attached hydrogen (secondary N) is 1. The number of phenolic OH excluding ortho intramolecular Hbond substituents is 1. The van der Waals surface area contributed by atoms with E-state index in [4.69, 9.17) is 9.47 Å². The van der Waals surface area contributed by atoms with Gasteiger partial charge in [-0.05, 0) is 32.0 Å². The molecular formula is C16H21NO3. The smallest absolute Gasteiger partial charge is 0.167 e. The summed E-state index contributed by atoms with van der Waals surface area (Å²) in [6.45, 7) is 2.77. The number of hydrogen-bond acceptors (Lipinski definition) is 4. The summed E-state index contributed by atoms with van der Waals surface area (Å²) in [4.78, 5) is 0. The highest BCUT2D eigenvalue weighted by molar-refractivity contribution is 5.49. The summed E-state index contributed by atoms with van der Waals surface area (Å²) in [6.07, 6.45) is 4.32. The van der Waals surface area contributed by atoms with E-state index in [1.807, 2.05) is 12.1 Å². The van der Waals surface area contributed by atoms with Crippen LogP contribution in [0, 0.1) is 5.92 Å². The van der Waals surface area contributed by atoms with Crippen LogP contribution in [0.4, 0.5) is 0 Å². The minimum absolute atomic E-state index is 0.0812. The van der Waals surface area contributed by atoms with Gasteiger partial charge < -0.3 is 19.9 Å². The van der Waals surface area contributed by atoms with E-state index in [-0.39, 0.29) is 17.5 Å². The number of aromatic hydroxyl groups is 1. The average molecular weight is 275 g/mol. The molecule has 2 fully saturated rings. The zero-order valence-corrected chi connectivity index (χ0v) is 11.6. The van der Waals surface area contributed by atoms with Crippen LogP contribution in [0.3, 0.4) is 0 Å². The van der Waals surface area contributed by atoms with Gasteiger partial charge in [0.15, 0.2) is 11.5 Å². The van der Waals surface area contributed by atoms with E-state index < -0.39 is 0 Å². The highest BCUT2D eigenvalue weighted by Gasteiger charge is 2.52. The molecule has 0 saturated carbocycles. The quantitative estimate of drug-likeness (QED) is 0.763. The molecule has 4 heteroatoms. The molecule has 4 nitrogen and oxygen atoms in total. The maximum absolute atomic E-state index is 10.2. The topological polar surface area (TPSA) is 50.7 Å². The van der Waals surface area contributed by atoms with Gasteiger partial charge in [0.25, 0.3) is 0 Å². The molecule has 3 heterocycles. The number of benzene rings is 1. The Morgan fingerprint density at radius 3 is 2.95 bits per heavy atom. The van der Waals surface area contributed by atoms with Crippen molar-refractivity contribution in [2.45, 2.75) is 37.4 Å². The Morgan fingerprint density at radius 2 is 2.10 bits per heavy atom. The molecule has 2 N–H and O–H groups in total. The maximum Gasteiger partial charge on any atom is 0.167 e. The Morgan fingerprint density at radius 1 is 1.25 bits per heavy atom. The van der Waals surface area contributed by atoms with Crippen molar-refractivity contribution in [3.63, 3.8) is 0 Å². The third-order valence-electron chi connectivity index (χ3n) is 5.08. The molecule has 1 aromatic carbocycles. The highest BCUT2D eigenvalue weighted by atomic mass is 16.5. The fourth-order valence-corrected chi connectivity index (χ4v) is 4.11. The van der Waals surface area contributed by atoms with E-state index in [0.717, 1.165) is 50.9 Å². The van der Waals surface area contributed by atoms with Gasteiger partial charge in [0.1, 0.15) is 5.60 Å². The number of rotatable bonds is 0. The first-order valence-electron chi connectivity index (χ1n) is 7.63. The summed E-state index contributed by atoms with van der Waals surface area (Å²) in [6, 6.07) is 5.62. The molecule has 2 atom stereocenters. The van der Waals surface area contributed by atoms with E-state index in [2.05, 4.69) is 5.32 Å². The van der Waals surface area contributed by atoms with E-state index in [9.17, 15) is 5.11 Å². The number of phenols is 1. The molecule has 0 bridgehead atoms. The first kappa shape index (κ1) is 12.5. The van der Waals surface area contributed by atoms with Crippen molar-refractivity contribution >= 4 is 0 Å². The molecule has 4 rings (SSSR count). The van der Waals surface area contributed by atoms with Crippen LogP contribution < -0.4 is 10.1 Å². The van der Waals surface area contributed by atoms with Crippen molar-refractivity contribution in [3.8, 4) is 11.5 Å². The minimum Gasteiger partial charge on any atom is -0.504 e. The second kappa shape index (κ2) is 4.64. The van der Waals surface area contributed by atoms with Gasteiger partial charge in [-0.15, -0.1) is 0 Å². The first-order chi connectivity index (χ1) is 9.80. The number of para-hydroxylation sites is 1. The Labute approximate surface area is 119 Å². The Kier molecular flexibility index (Phi) is 2.89. The summed E-state index contributed by atoms with van der Waals surface area (Å²) in [5.74, 6) is 1.30. The van der Waals surface area contributed by atoms with E-state index in [1.165, 1.54) is 0 Å². The van der Waals surface area contributed by atoms with Gasteiger partial charge >= 0.3 is 0 Å². The van der Waals surface area contributed by atoms with Crippen LogP contribution in [0.2, 0.25) is 0 Å². The second-order valence-corrected chi connectivity index (χ2v) is 6.15. The van der Waals surface area contributed by atoms with Crippen molar-refractivity contribution < 1.29 is 14.6 Å². The number of hydrogen-bond donors (Lipinski definition) is 2. The maximum atomic E-state index is 10.2. The van der Waals surface area contributed by atoms with Crippen molar-refractivity contribution in [2.24, 2.45) is 5.92 Å². The Balaban J connectivity index is 1.81. The second-order valence-electron chi connectivity index (χ2n) is 6.15. The Bertz CT molecular complexity index is 510. The molecule has 3 aliphatic rings. The van der Waals surface area contributed by atoms with Gasteiger partial charge in [0.05, 0.1) is 6.10 Å². The fraction of sp³-hybridized carbons (Fsp3) is 0.625. The SMILES string of the molecule is Oc1cccc2c1OC1(CCNCC1)[C@@H]1CCCO[C@@H]21. The lowest BCUT2D eigenvalue weighted by Gasteiger charge is -2.52. The molecule has 2 saturated heterocycles. The lowest BCUT2D eigenvalue weighted by atomic mass is 9.70. The summed E-state index contributed by atoms with van der Waals surface area (Å²) in [7, 11) is 0. The molecular weight excluding hydrogens is 254 g/mol. The van der Waals surface area contributed by atoms with Crippen molar-refractivity contribution in [2.75, 3.05) is 19.7 Å². The van der Waals surface area contributed by atoms with Crippen molar-refractivity contribution in [1.82, 2.24) is 5.32 Å². The summed E-state index contributed by atoms with van der Waals surface area (Å²) in [5, 5.41) is 13.6. The van der Waals surface area contributed by atoms with Gasteiger partial charge in [-0.1, -0.05) is 12.1 Å². The van der Waals surface area contributed by atoms with E-state index in [0.29, 0.717) is 11.7 Å². The number of fused-ring (bicyclic) bond motifs is 4. The third-order valence-corrected chi connectivity index (χ3v) is 5.08. The van der Waals surface area contributed by atoms with Gasteiger partial charge in [-0.2, -0.15) is 0 Å². The third kappa shape index (κ3) is 1.75. The predicted octanol–water partition coefficient (Wildman–Crippen LogP) is 2.37. The van der Waals surface area contributed by atoms with Crippen molar-refractivity contribution in [3.05, 3.63) is 23.8 Å². The van der Waals surface area contributed by atoms with Gasteiger partial charge in [-0.3, -0.25) is 0 Å². The molecule has 1 spiro atoms. The predicted molar refractivity (Wildman–Crippen MR) is 75.0 cm³/mol. The van der Waals surface area contributed by atoms with Crippen molar-refractivity contribution in [1.29, 1.82) is 0 Å². The first-order valence-corrected chi connectivity index (χ1v) is 7.63. The van der Waals surface area contributed by atoms with Crippen LogP contribution in [0.5, 0.6) is 11.5 Å². The number of ether oxygens (including phenoxy) is 2. The minimum atomic E-state index is -0.165. The van der Waals surface area contributed by atoms with Crippen LogP contribution >= 0.6 is 0 Å². The van der Waals surface area contributed by atoms with Gasteiger partial charge in [-0.25, -0.2) is 0 Å². The van der Waals surface area contributed by atoms with E-state index >= 15 is 0 Å². The Hall–Kier alpha value is -1.26. The summed E-state index contributed by atoms with van der Waals surface area (Å²) >= 11 is 0. The highest BCUT2D eigenvalue weighted by Crippen LogP contribution is 2.54. The zero-order valence-electron chi connectivity index (χ0n) is 11.6. The molecule has 108 valence electrons. The monoisotopic (exact) mass is 275 g/mol. The lowest BCUT2D eigenvalue weighted by molar-refractivity contribution is -0.141. The van der Waals surface area contributed by atoms with Crippen LogP contribution in [0.1, 0.15) is 37.4 Å². The van der Waals surface area contributed by atoms with Crippen LogP contribution in [0.15, 0.2) is 18.2 Å². The molecule has 3 aliphatic heterocycles. The zero-order chi connectivity index (χ0) is 13.6. The molecule has 0 unspecified atom stereocenters. The molecule has 1 aromatic rings. The lowest BCUT2D eigenvalue weighted by Crippen LogP contribution is -2.56. The average Bonchev–Trinajstić information content (AvgIpc) is 2.50. The molecule has 20 heavy (non-hydrogen) atoms. The standard InChI is InChI=1S/C16H21NO3/c18-13-5-1-3-11-14-12(4-2-10-19-14)16(20-15(11)13)6-8-17-9-7-16/h1,3,5,12,14,17-18H,2,4,6-10H2/t12-,14+/m1/s1. The largest absolute Gasteiger partial charge is 0.504 e. The van der Waals surface area contributed by atoms with Gasteiger partial charge in [0, 0.05) is 30.9 Å². The summed E-state index contributed by atoms with van der Waals surface area (Å²) < 4.78 is 12.5.